The van der Waals surface area contributed by atoms with Crippen molar-refractivity contribution in [2.75, 3.05) is 6.61 Å². The first-order chi connectivity index (χ1) is 16.0. The van der Waals surface area contributed by atoms with Gasteiger partial charge in [0.1, 0.15) is 12.3 Å². The van der Waals surface area contributed by atoms with E-state index in [1.54, 1.807) is 6.20 Å². The molecule has 1 aliphatic rings. The molecular formula is C26H50N2O5Si3. The van der Waals surface area contributed by atoms with Gasteiger partial charge in [-0.15, -0.1) is 0 Å². The zero-order valence-corrected chi connectivity index (χ0v) is 27.9. The van der Waals surface area contributed by atoms with Crippen LogP contribution < -0.4 is 11.2 Å². The van der Waals surface area contributed by atoms with Crippen LogP contribution in [0.4, 0.5) is 0 Å². The van der Waals surface area contributed by atoms with Gasteiger partial charge in [0.2, 0.25) is 0 Å². The lowest BCUT2D eigenvalue weighted by Crippen LogP contribution is -2.48. The number of aromatic nitrogens is 2. The molecule has 1 aliphatic heterocycles. The van der Waals surface area contributed by atoms with Gasteiger partial charge < -0.3 is 13.6 Å². The Balaban J connectivity index is 2.41. The number of hydrogen-bond acceptors (Lipinski definition) is 5. The minimum Gasteiger partial charge on any atom is -0.414 e. The SMILES string of the molecule is CC(C)(C)[Si](C)(C)OC[C@H]1O[C@@H](n2cc(/C=C/[Si](C)(C)C)c(=O)[nH]c2=O)C[C@@H]1O[Si](C)(C)C(C)(C)C. The van der Waals surface area contributed by atoms with Gasteiger partial charge >= 0.3 is 5.69 Å². The lowest BCUT2D eigenvalue weighted by Gasteiger charge is -2.40. The van der Waals surface area contributed by atoms with E-state index in [1.807, 2.05) is 6.08 Å². The Bertz CT molecular complexity index is 1060. The molecule has 0 radical (unpaired) electrons. The maximum Gasteiger partial charge on any atom is 0.330 e. The highest BCUT2D eigenvalue weighted by molar-refractivity contribution is 6.81. The Morgan fingerprint density at radius 1 is 1.00 bits per heavy atom. The van der Waals surface area contributed by atoms with Crippen LogP contribution in [-0.2, 0) is 13.6 Å². The fourth-order valence-electron chi connectivity index (χ4n) is 3.38. The highest BCUT2D eigenvalue weighted by Crippen LogP contribution is 2.42. The lowest BCUT2D eigenvalue weighted by molar-refractivity contribution is -0.0412. The van der Waals surface area contributed by atoms with E-state index < -0.39 is 36.6 Å². The smallest absolute Gasteiger partial charge is 0.330 e. The van der Waals surface area contributed by atoms with Crippen molar-refractivity contribution < 1.29 is 13.6 Å². The van der Waals surface area contributed by atoms with Gasteiger partial charge in [0.05, 0.1) is 26.3 Å². The normalized spacial score (nSPS) is 22.5. The Kier molecular flexibility index (Phi) is 9.18. The molecule has 0 bridgehead atoms. The molecule has 10 heteroatoms. The summed E-state index contributed by atoms with van der Waals surface area (Å²) in [4.78, 5) is 27.8. The predicted molar refractivity (Wildman–Crippen MR) is 157 cm³/mol. The average Bonchev–Trinajstić information content (AvgIpc) is 3.05. The lowest BCUT2D eigenvalue weighted by atomic mass is 10.2. The molecule has 2 rings (SSSR count). The van der Waals surface area contributed by atoms with Crippen molar-refractivity contribution in [3.63, 3.8) is 0 Å². The summed E-state index contributed by atoms with van der Waals surface area (Å²) in [5.41, 5.74) is 1.72. The molecule has 0 saturated carbocycles. The van der Waals surface area contributed by atoms with Crippen molar-refractivity contribution in [3.05, 3.63) is 38.3 Å². The summed E-state index contributed by atoms with van der Waals surface area (Å²) in [6, 6.07) is 0. The van der Waals surface area contributed by atoms with E-state index in [2.05, 4.69) is 98.1 Å². The van der Waals surface area contributed by atoms with Crippen molar-refractivity contribution in [1.82, 2.24) is 9.55 Å². The van der Waals surface area contributed by atoms with Crippen molar-refractivity contribution in [2.45, 2.75) is 122 Å². The van der Waals surface area contributed by atoms with E-state index in [1.165, 1.54) is 4.57 Å². The Morgan fingerprint density at radius 2 is 1.56 bits per heavy atom. The quantitative estimate of drug-likeness (QED) is 0.391. The third-order valence-corrected chi connectivity index (χ3v) is 18.1. The summed E-state index contributed by atoms with van der Waals surface area (Å²) < 4.78 is 21.3. The monoisotopic (exact) mass is 554 g/mol. The van der Waals surface area contributed by atoms with Gasteiger partial charge in [0.15, 0.2) is 16.6 Å². The van der Waals surface area contributed by atoms with E-state index in [9.17, 15) is 9.59 Å². The van der Waals surface area contributed by atoms with Gasteiger partial charge in [-0.1, -0.05) is 73.0 Å². The third kappa shape index (κ3) is 7.73. The van der Waals surface area contributed by atoms with E-state index >= 15 is 0 Å². The molecule has 2 heterocycles. The minimum absolute atomic E-state index is 0.0412. The second kappa shape index (κ2) is 10.6. The van der Waals surface area contributed by atoms with Gasteiger partial charge in [-0.25, -0.2) is 4.79 Å². The Hall–Kier alpha value is -1.05. The number of ether oxygens (including phenoxy) is 1. The van der Waals surface area contributed by atoms with Gasteiger partial charge in [0.25, 0.3) is 5.56 Å². The van der Waals surface area contributed by atoms with Crippen LogP contribution in [0.1, 0.15) is 59.8 Å². The molecule has 1 saturated heterocycles. The maximum atomic E-state index is 12.8. The number of aromatic amines is 1. The number of hydrogen-bond donors (Lipinski definition) is 1. The zero-order valence-electron chi connectivity index (χ0n) is 24.9. The van der Waals surface area contributed by atoms with E-state index in [-0.39, 0.29) is 27.8 Å². The van der Waals surface area contributed by atoms with Crippen molar-refractivity contribution in [1.29, 1.82) is 0 Å². The molecule has 0 unspecified atom stereocenters. The van der Waals surface area contributed by atoms with Crippen LogP contribution in [0.2, 0.25) is 55.9 Å². The van der Waals surface area contributed by atoms with Crippen LogP contribution >= 0.6 is 0 Å². The third-order valence-electron chi connectivity index (χ3n) is 7.92. The van der Waals surface area contributed by atoms with Crippen molar-refractivity contribution >= 4 is 30.8 Å². The summed E-state index contributed by atoms with van der Waals surface area (Å²) in [6.07, 6.45) is 2.97. The minimum atomic E-state index is -2.10. The topological polar surface area (TPSA) is 82.5 Å². The maximum absolute atomic E-state index is 12.8. The molecule has 1 aromatic rings. The standard InChI is InChI=1S/C26H50N2O5Si3/c1-25(2,3)35(10,11)31-18-21-20(33-36(12,13)26(4,5)6)16-22(32-21)28-17-19(14-15-34(7,8)9)23(29)27-24(28)30/h14-15,17,20-22H,16,18H2,1-13H3,(H,27,29,30)/b15-14+/t20-,21+,22+/m0/s1. The Morgan fingerprint density at radius 3 is 2.06 bits per heavy atom. The molecular weight excluding hydrogens is 505 g/mol. The summed E-state index contributed by atoms with van der Waals surface area (Å²) in [7, 11) is -5.61. The first-order valence-corrected chi connectivity index (χ1v) is 22.5. The Labute approximate surface area is 220 Å². The van der Waals surface area contributed by atoms with Gasteiger partial charge in [-0.3, -0.25) is 14.3 Å². The molecule has 1 aromatic heterocycles. The van der Waals surface area contributed by atoms with Crippen LogP contribution in [-0.4, -0.2) is 53.1 Å². The second-order valence-corrected chi connectivity index (χ2v) is 28.9. The summed E-state index contributed by atoms with van der Waals surface area (Å²) in [5, 5.41) is 0.119. The first kappa shape index (κ1) is 31.2. The van der Waals surface area contributed by atoms with Gasteiger partial charge in [-0.05, 0) is 36.3 Å². The highest BCUT2D eigenvalue weighted by atomic mass is 28.4. The molecule has 1 fully saturated rings. The number of nitrogens with zero attached hydrogens (tertiary/aromatic N) is 1. The fraction of sp³-hybridized carbons (Fsp3) is 0.769. The number of rotatable bonds is 8. The molecule has 0 spiro atoms. The highest BCUT2D eigenvalue weighted by Gasteiger charge is 2.46. The van der Waals surface area contributed by atoms with Crippen LogP contribution in [0.25, 0.3) is 6.08 Å². The van der Waals surface area contributed by atoms with Gasteiger partial charge in [-0.2, -0.15) is 0 Å². The van der Waals surface area contributed by atoms with E-state index in [4.69, 9.17) is 13.6 Å². The van der Waals surface area contributed by atoms with E-state index in [0.29, 0.717) is 18.6 Å². The molecule has 0 amide bonds. The summed E-state index contributed by atoms with van der Waals surface area (Å²) in [5.74, 6) is 0. The summed E-state index contributed by atoms with van der Waals surface area (Å²) >= 11 is 0. The summed E-state index contributed by atoms with van der Waals surface area (Å²) in [6.45, 7) is 29.3. The van der Waals surface area contributed by atoms with Crippen LogP contribution in [0, 0.1) is 0 Å². The first-order valence-electron chi connectivity index (χ1n) is 13.1. The molecule has 1 N–H and O–H groups in total. The molecule has 206 valence electrons. The molecule has 7 nitrogen and oxygen atoms in total. The van der Waals surface area contributed by atoms with Crippen LogP contribution in [0.15, 0.2) is 21.5 Å². The van der Waals surface area contributed by atoms with Crippen molar-refractivity contribution in [2.24, 2.45) is 0 Å². The average molecular weight is 555 g/mol. The van der Waals surface area contributed by atoms with Crippen LogP contribution in [0.3, 0.4) is 0 Å². The zero-order chi connectivity index (χ0) is 27.9. The van der Waals surface area contributed by atoms with E-state index in [0.717, 1.165) is 0 Å². The molecule has 0 aromatic carbocycles. The number of H-pyrrole nitrogens is 1. The van der Waals surface area contributed by atoms with Crippen LogP contribution in [0.5, 0.6) is 0 Å². The van der Waals surface area contributed by atoms with Crippen molar-refractivity contribution in [3.8, 4) is 0 Å². The largest absolute Gasteiger partial charge is 0.414 e. The fourth-order valence-corrected chi connectivity index (χ4v) is 6.43. The molecule has 3 atom stereocenters. The second-order valence-electron chi connectivity index (χ2n) is 14.3. The molecule has 0 aliphatic carbocycles. The molecule has 36 heavy (non-hydrogen) atoms. The number of nitrogens with one attached hydrogen (secondary N) is 1. The van der Waals surface area contributed by atoms with Gasteiger partial charge in [0, 0.05) is 12.6 Å². The predicted octanol–water partition coefficient (Wildman–Crippen LogP) is 6.13.